The Labute approximate surface area is 227 Å². The molecule has 0 saturated heterocycles. The van der Waals surface area contributed by atoms with Crippen LogP contribution in [-0.2, 0) is 13.2 Å². The van der Waals surface area contributed by atoms with Crippen LogP contribution in [0.25, 0.3) is 17.0 Å². The molecule has 5 aromatic rings. The molecule has 4 aromatic carbocycles. The van der Waals surface area contributed by atoms with E-state index in [1.807, 2.05) is 109 Å². The normalized spacial score (nSPS) is 10.9. The van der Waals surface area contributed by atoms with Crippen molar-refractivity contribution in [2.75, 3.05) is 7.11 Å². The van der Waals surface area contributed by atoms with Crippen LogP contribution in [0.4, 0.5) is 0 Å². The number of carbonyl (C=O) groups excluding carboxylic acids is 1. The minimum Gasteiger partial charge on any atom is -0.494 e. The number of ether oxygens (including phenoxy) is 3. The topological polar surface area (TPSA) is 69.7 Å². The predicted molar refractivity (Wildman–Crippen MR) is 153 cm³/mol. The second kappa shape index (κ2) is 12.4. The molecule has 39 heavy (non-hydrogen) atoms. The fourth-order valence-corrected chi connectivity index (χ4v) is 4.03. The quantitative estimate of drug-likeness (QED) is 0.221. The molecule has 0 atom stereocenters. The highest BCUT2D eigenvalue weighted by atomic mass is 16.5. The molecule has 5 rings (SSSR count). The van der Waals surface area contributed by atoms with Gasteiger partial charge in [0.05, 0.1) is 7.11 Å². The Bertz CT molecular complexity index is 1570. The molecule has 0 aliphatic carbocycles. The van der Waals surface area contributed by atoms with Crippen LogP contribution >= 0.6 is 0 Å². The van der Waals surface area contributed by atoms with E-state index in [4.69, 9.17) is 14.2 Å². The Kier molecular flexibility index (Phi) is 8.14. The third-order valence-electron chi connectivity index (χ3n) is 6.07. The maximum absolute atomic E-state index is 13.0. The number of aromatic nitrogens is 1. The van der Waals surface area contributed by atoms with E-state index >= 15 is 0 Å². The third-order valence-corrected chi connectivity index (χ3v) is 6.07. The number of benzene rings is 4. The fraction of sp³-hybridized carbons (Fsp3) is 0.0909. The lowest BCUT2D eigenvalue weighted by atomic mass is 10.1. The predicted octanol–water partition coefficient (Wildman–Crippen LogP) is 6.80. The molecule has 0 saturated carbocycles. The molecule has 0 unspecified atom stereocenters. The molecule has 0 fully saturated rings. The van der Waals surface area contributed by atoms with Gasteiger partial charge < -0.3 is 19.5 Å². The van der Waals surface area contributed by atoms with Crippen molar-refractivity contribution in [3.63, 3.8) is 0 Å². The molecular formula is C33H28N2O4. The van der Waals surface area contributed by atoms with Gasteiger partial charge in [0.1, 0.15) is 41.7 Å². The summed E-state index contributed by atoms with van der Waals surface area (Å²) in [5.74, 6) is 1.55. The molecule has 0 aliphatic rings. The first-order valence-corrected chi connectivity index (χ1v) is 12.6. The van der Waals surface area contributed by atoms with Crippen molar-refractivity contribution in [2.45, 2.75) is 13.2 Å². The standard InChI is InChI=1S/C33H28N2O4/c1-37-30-14-8-13-28-31(39-23-26-11-6-3-7-12-26)21-29(35-32(28)30)33(36)34-20-19-24-15-17-27(18-16-24)38-22-25-9-4-2-5-10-25/h2-21H,22-23H2,1H3,(H,34,36)/b20-19+. The molecule has 1 N–H and O–H groups in total. The Morgan fingerprint density at radius 1 is 0.769 bits per heavy atom. The number of para-hydroxylation sites is 1. The summed E-state index contributed by atoms with van der Waals surface area (Å²) in [6.07, 6.45) is 3.41. The summed E-state index contributed by atoms with van der Waals surface area (Å²) in [5.41, 5.74) is 3.84. The third kappa shape index (κ3) is 6.62. The molecule has 6 heteroatoms. The fourth-order valence-electron chi connectivity index (χ4n) is 4.03. The van der Waals surface area contributed by atoms with E-state index in [1.54, 1.807) is 19.4 Å². The number of carbonyl (C=O) groups is 1. The highest BCUT2D eigenvalue weighted by molar-refractivity contribution is 5.99. The van der Waals surface area contributed by atoms with E-state index in [0.717, 1.165) is 27.8 Å². The number of nitrogens with zero attached hydrogens (tertiary/aromatic N) is 1. The Morgan fingerprint density at radius 2 is 1.44 bits per heavy atom. The van der Waals surface area contributed by atoms with Crippen molar-refractivity contribution in [1.82, 2.24) is 10.3 Å². The lowest BCUT2D eigenvalue weighted by Gasteiger charge is -2.13. The molecule has 1 aromatic heterocycles. The number of nitrogens with one attached hydrogen (secondary N) is 1. The molecule has 0 aliphatic heterocycles. The zero-order valence-electron chi connectivity index (χ0n) is 21.5. The molecule has 0 bridgehead atoms. The summed E-state index contributed by atoms with van der Waals surface area (Å²) in [4.78, 5) is 17.6. The number of amides is 1. The van der Waals surface area contributed by atoms with Gasteiger partial charge >= 0.3 is 0 Å². The van der Waals surface area contributed by atoms with Gasteiger partial charge in [-0.15, -0.1) is 0 Å². The first-order valence-electron chi connectivity index (χ1n) is 12.6. The summed E-state index contributed by atoms with van der Waals surface area (Å²) >= 11 is 0. The van der Waals surface area contributed by atoms with Crippen LogP contribution in [0.15, 0.2) is 115 Å². The maximum atomic E-state index is 13.0. The van der Waals surface area contributed by atoms with Gasteiger partial charge in [-0.25, -0.2) is 4.98 Å². The van der Waals surface area contributed by atoms with Crippen molar-refractivity contribution >= 4 is 22.9 Å². The lowest BCUT2D eigenvalue weighted by molar-refractivity contribution is 0.0965. The van der Waals surface area contributed by atoms with Crippen LogP contribution in [0.3, 0.4) is 0 Å². The monoisotopic (exact) mass is 516 g/mol. The van der Waals surface area contributed by atoms with Gasteiger partial charge in [-0.3, -0.25) is 4.79 Å². The van der Waals surface area contributed by atoms with Gasteiger partial charge in [0, 0.05) is 17.7 Å². The zero-order chi connectivity index (χ0) is 26.9. The smallest absolute Gasteiger partial charge is 0.273 e. The average molecular weight is 517 g/mol. The summed E-state index contributed by atoms with van der Waals surface area (Å²) in [6.45, 7) is 0.871. The van der Waals surface area contributed by atoms with Crippen molar-refractivity contribution in [3.8, 4) is 17.2 Å². The summed E-state index contributed by atoms with van der Waals surface area (Å²) < 4.78 is 17.5. The van der Waals surface area contributed by atoms with Gasteiger partial charge in [-0.05, 0) is 47.0 Å². The SMILES string of the molecule is COc1cccc2c(OCc3ccccc3)cc(C(=O)N/C=C/c3ccc(OCc4ccccc4)cc3)nc12. The zero-order valence-corrected chi connectivity index (χ0v) is 21.5. The number of hydrogen-bond acceptors (Lipinski definition) is 5. The second-order valence-electron chi connectivity index (χ2n) is 8.79. The van der Waals surface area contributed by atoms with Crippen LogP contribution in [0.1, 0.15) is 27.2 Å². The molecule has 0 radical (unpaired) electrons. The van der Waals surface area contributed by atoms with E-state index in [0.29, 0.717) is 30.2 Å². The first-order chi connectivity index (χ1) is 19.2. The van der Waals surface area contributed by atoms with E-state index < -0.39 is 0 Å². The van der Waals surface area contributed by atoms with Crippen molar-refractivity contribution < 1.29 is 19.0 Å². The Hall–Kier alpha value is -5.10. The summed E-state index contributed by atoms with van der Waals surface area (Å²) in [5, 5.41) is 3.57. The van der Waals surface area contributed by atoms with Gasteiger partial charge in [0.2, 0.25) is 0 Å². The van der Waals surface area contributed by atoms with Crippen LogP contribution in [0, 0.1) is 0 Å². The molecule has 1 heterocycles. The van der Waals surface area contributed by atoms with Crippen LogP contribution < -0.4 is 19.5 Å². The van der Waals surface area contributed by atoms with Crippen LogP contribution in [0.5, 0.6) is 17.2 Å². The van der Waals surface area contributed by atoms with Crippen molar-refractivity contribution in [3.05, 3.63) is 138 Å². The molecule has 0 spiro atoms. The molecule has 1 amide bonds. The Morgan fingerprint density at radius 3 is 2.10 bits per heavy atom. The number of methoxy groups -OCH3 is 1. The largest absolute Gasteiger partial charge is 0.494 e. The number of fused-ring (bicyclic) bond motifs is 1. The highest BCUT2D eigenvalue weighted by Gasteiger charge is 2.15. The minimum atomic E-state index is -0.355. The van der Waals surface area contributed by atoms with Gasteiger partial charge in [0.25, 0.3) is 5.91 Å². The number of rotatable bonds is 10. The second-order valence-corrected chi connectivity index (χ2v) is 8.79. The first kappa shape index (κ1) is 25.5. The lowest BCUT2D eigenvalue weighted by Crippen LogP contribution is -2.18. The minimum absolute atomic E-state index is 0.226. The average Bonchev–Trinajstić information content (AvgIpc) is 3.00. The van der Waals surface area contributed by atoms with Crippen molar-refractivity contribution in [1.29, 1.82) is 0 Å². The van der Waals surface area contributed by atoms with E-state index in [9.17, 15) is 4.79 Å². The Balaban J connectivity index is 1.27. The maximum Gasteiger partial charge on any atom is 0.273 e. The molecular weight excluding hydrogens is 488 g/mol. The van der Waals surface area contributed by atoms with Crippen LogP contribution in [-0.4, -0.2) is 18.0 Å². The summed E-state index contributed by atoms with van der Waals surface area (Å²) in [6, 6.07) is 34.8. The van der Waals surface area contributed by atoms with E-state index in [2.05, 4.69) is 10.3 Å². The van der Waals surface area contributed by atoms with Crippen LogP contribution in [0.2, 0.25) is 0 Å². The van der Waals surface area contributed by atoms with Gasteiger partial charge in [-0.1, -0.05) is 78.9 Å². The van der Waals surface area contributed by atoms with E-state index in [1.165, 1.54) is 0 Å². The number of pyridine rings is 1. The molecule has 194 valence electrons. The van der Waals surface area contributed by atoms with Gasteiger partial charge in [0.15, 0.2) is 0 Å². The molecule has 6 nitrogen and oxygen atoms in total. The number of hydrogen-bond donors (Lipinski definition) is 1. The summed E-state index contributed by atoms with van der Waals surface area (Å²) in [7, 11) is 1.58. The highest BCUT2D eigenvalue weighted by Crippen LogP contribution is 2.32. The van der Waals surface area contributed by atoms with E-state index in [-0.39, 0.29) is 11.6 Å². The van der Waals surface area contributed by atoms with Gasteiger partial charge in [-0.2, -0.15) is 0 Å². The van der Waals surface area contributed by atoms with Crippen molar-refractivity contribution in [2.24, 2.45) is 0 Å².